The van der Waals surface area contributed by atoms with E-state index in [0.717, 1.165) is 23.8 Å². The number of ether oxygens (including phenoxy) is 2. The number of guanidine groups is 1. The highest BCUT2D eigenvalue weighted by Crippen LogP contribution is 2.15. The number of hydrogen-bond donors (Lipinski definition) is 2. The van der Waals surface area contributed by atoms with E-state index in [-0.39, 0.29) is 24.0 Å². The number of aliphatic imine (C=N–C) groups is 1. The fourth-order valence-electron chi connectivity index (χ4n) is 2.74. The molecular weight excluding hydrogens is 465 g/mol. The lowest BCUT2D eigenvalue weighted by atomic mass is 9.99. The maximum absolute atomic E-state index is 5.66. The van der Waals surface area contributed by atoms with E-state index in [4.69, 9.17) is 9.47 Å². The van der Waals surface area contributed by atoms with Crippen molar-refractivity contribution in [2.24, 2.45) is 4.99 Å². The molecule has 0 saturated carbocycles. The van der Waals surface area contributed by atoms with E-state index in [1.54, 1.807) is 14.2 Å². The molecular formula is C22H32IN3O2. The first-order valence-corrected chi connectivity index (χ1v) is 9.34. The van der Waals surface area contributed by atoms with E-state index in [1.807, 2.05) is 18.2 Å². The van der Waals surface area contributed by atoms with Crippen molar-refractivity contribution in [3.05, 3.63) is 65.2 Å². The summed E-state index contributed by atoms with van der Waals surface area (Å²) >= 11 is 0. The van der Waals surface area contributed by atoms with Crippen LogP contribution in [-0.2, 0) is 11.3 Å². The van der Waals surface area contributed by atoms with Gasteiger partial charge in [-0.05, 0) is 36.1 Å². The maximum atomic E-state index is 5.66. The molecule has 0 amide bonds. The van der Waals surface area contributed by atoms with Crippen LogP contribution in [0.4, 0.5) is 0 Å². The number of hydrogen-bond acceptors (Lipinski definition) is 3. The zero-order valence-electron chi connectivity index (χ0n) is 17.2. The van der Waals surface area contributed by atoms with Crippen LogP contribution in [0.1, 0.15) is 29.5 Å². The lowest BCUT2D eigenvalue weighted by Gasteiger charge is -2.17. The molecule has 0 bridgehead atoms. The summed E-state index contributed by atoms with van der Waals surface area (Å²) in [5, 5.41) is 6.76. The fraction of sp³-hybridized carbons (Fsp3) is 0.409. The third-order valence-electron chi connectivity index (χ3n) is 4.33. The van der Waals surface area contributed by atoms with Crippen LogP contribution in [0.25, 0.3) is 0 Å². The number of nitrogens with one attached hydrogen (secondary N) is 2. The SMILES string of the molecule is CN=C(NCc1cccc(OCCOC)c1)NCC(C)c1cccc(C)c1.I. The number of methoxy groups -OCH3 is 1. The van der Waals surface area contributed by atoms with Gasteiger partial charge in [-0.2, -0.15) is 0 Å². The summed E-state index contributed by atoms with van der Waals surface area (Å²) in [7, 11) is 3.46. The van der Waals surface area contributed by atoms with Gasteiger partial charge in [-0.25, -0.2) is 0 Å². The standard InChI is InChI=1S/C22H31N3O2.HI/c1-17-7-5-9-20(13-17)18(2)15-24-22(23-3)25-16-19-8-6-10-21(14-19)27-12-11-26-4;/h5-10,13-14,18H,11-12,15-16H2,1-4H3,(H2,23,24,25);1H. The van der Waals surface area contributed by atoms with Crippen molar-refractivity contribution < 1.29 is 9.47 Å². The van der Waals surface area contributed by atoms with Crippen LogP contribution in [0, 0.1) is 6.92 Å². The third-order valence-corrected chi connectivity index (χ3v) is 4.33. The Morgan fingerprint density at radius 3 is 2.57 bits per heavy atom. The summed E-state index contributed by atoms with van der Waals surface area (Å²) < 4.78 is 10.7. The molecule has 6 heteroatoms. The van der Waals surface area contributed by atoms with E-state index >= 15 is 0 Å². The minimum atomic E-state index is 0. The van der Waals surface area contributed by atoms with Gasteiger partial charge in [0.1, 0.15) is 12.4 Å². The van der Waals surface area contributed by atoms with Gasteiger partial charge >= 0.3 is 0 Å². The molecule has 0 heterocycles. The predicted octanol–water partition coefficient (Wildman–Crippen LogP) is 4.11. The summed E-state index contributed by atoms with van der Waals surface area (Å²) in [5.74, 6) is 2.04. The van der Waals surface area contributed by atoms with Crippen molar-refractivity contribution in [2.75, 3.05) is 33.9 Å². The van der Waals surface area contributed by atoms with E-state index in [2.05, 4.69) is 59.8 Å². The van der Waals surface area contributed by atoms with Gasteiger partial charge in [-0.1, -0.05) is 48.9 Å². The lowest BCUT2D eigenvalue weighted by molar-refractivity contribution is 0.146. The predicted molar refractivity (Wildman–Crippen MR) is 127 cm³/mol. The van der Waals surface area contributed by atoms with Crippen LogP contribution in [0.15, 0.2) is 53.5 Å². The number of halogens is 1. The Balaban J connectivity index is 0.00000392. The van der Waals surface area contributed by atoms with Gasteiger partial charge in [0, 0.05) is 27.2 Å². The zero-order valence-corrected chi connectivity index (χ0v) is 19.5. The summed E-state index contributed by atoms with van der Waals surface area (Å²) in [6, 6.07) is 16.7. The Bertz CT molecular complexity index is 737. The molecule has 154 valence electrons. The van der Waals surface area contributed by atoms with Crippen LogP contribution in [-0.4, -0.2) is 39.9 Å². The highest BCUT2D eigenvalue weighted by Gasteiger charge is 2.07. The second kappa shape index (κ2) is 13.4. The Morgan fingerprint density at radius 2 is 1.86 bits per heavy atom. The van der Waals surface area contributed by atoms with Crippen molar-refractivity contribution in [3.63, 3.8) is 0 Å². The van der Waals surface area contributed by atoms with Crippen LogP contribution in [0.5, 0.6) is 5.75 Å². The van der Waals surface area contributed by atoms with Gasteiger partial charge in [0.25, 0.3) is 0 Å². The fourth-order valence-corrected chi connectivity index (χ4v) is 2.74. The highest BCUT2D eigenvalue weighted by atomic mass is 127. The molecule has 0 spiro atoms. The molecule has 5 nitrogen and oxygen atoms in total. The smallest absolute Gasteiger partial charge is 0.191 e. The molecule has 2 N–H and O–H groups in total. The summed E-state index contributed by atoms with van der Waals surface area (Å²) in [6.45, 7) is 6.97. The molecule has 0 aliphatic heterocycles. The number of benzene rings is 2. The first-order chi connectivity index (χ1) is 13.1. The lowest BCUT2D eigenvalue weighted by Crippen LogP contribution is -2.38. The molecule has 0 saturated heterocycles. The molecule has 2 aromatic rings. The minimum Gasteiger partial charge on any atom is -0.491 e. The molecule has 0 fully saturated rings. The molecule has 28 heavy (non-hydrogen) atoms. The van der Waals surface area contributed by atoms with E-state index < -0.39 is 0 Å². The highest BCUT2D eigenvalue weighted by molar-refractivity contribution is 14.0. The molecule has 2 rings (SSSR count). The summed E-state index contributed by atoms with van der Waals surface area (Å²) in [6.07, 6.45) is 0. The minimum absolute atomic E-state index is 0. The average molecular weight is 497 g/mol. The van der Waals surface area contributed by atoms with Crippen molar-refractivity contribution in [2.45, 2.75) is 26.3 Å². The van der Waals surface area contributed by atoms with E-state index in [0.29, 0.717) is 25.7 Å². The van der Waals surface area contributed by atoms with Crippen molar-refractivity contribution in [1.82, 2.24) is 10.6 Å². The van der Waals surface area contributed by atoms with Crippen LogP contribution in [0.2, 0.25) is 0 Å². The number of nitrogens with zero attached hydrogens (tertiary/aromatic N) is 1. The normalized spacial score (nSPS) is 12.1. The van der Waals surface area contributed by atoms with E-state index in [1.165, 1.54) is 11.1 Å². The Labute approximate surface area is 186 Å². The maximum Gasteiger partial charge on any atom is 0.191 e. The van der Waals surface area contributed by atoms with Crippen molar-refractivity contribution in [1.29, 1.82) is 0 Å². The van der Waals surface area contributed by atoms with Crippen molar-refractivity contribution >= 4 is 29.9 Å². The topological polar surface area (TPSA) is 54.9 Å². The summed E-state index contributed by atoms with van der Waals surface area (Å²) in [4.78, 5) is 4.32. The molecule has 1 atom stereocenters. The molecule has 0 aliphatic rings. The quantitative estimate of drug-likeness (QED) is 0.237. The monoisotopic (exact) mass is 497 g/mol. The third kappa shape index (κ3) is 8.48. The average Bonchev–Trinajstić information content (AvgIpc) is 2.68. The first-order valence-electron chi connectivity index (χ1n) is 9.34. The van der Waals surface area contributed by atoms with Crippen LogP contribution >= 0.6 is 24.0 Å². The Morgan fingerprint density at radius 1 is 1.07 bits per heavy atom. The summed E-state index contributed by atoms with van der Waals surface area (Å²) in [5.41, 5.74) is 3.76. The molecule has 0 aliphatic carbocycles. The number of aryl methyl sites for hydroxylation is 1. The van der Waals surface area contributed by atoms with Gasteiger partial charge < -0.3 is 20.1 Å². The largest absolute Gasteiger partial charge is 0.491 e. The van der Waals surface area contributed by atoms with Gasteiger partial charge in [0.05, 0.1) is 6.61 Å². The zero-order chi connectivity index (χ0) is 19.5. The van der Waals surface area contributed by atoms with Gasteiger partial charge in [-0.3, -0.25) is 4.99 Å². The van der Waals surface area contributed by atoms with Gasteiger partial charge in [0.2, 0.25) is 0 Å². The Kier molecular flexibility index (Phi) is 11.6. The van der Waals surface area contributed by atoms with Crippen LogP contribution in [0.3, 0.4) is 0 Å². The number of rotatable bonds is 9. The van der Waals surface area contributed by atoms with Crippen LogP contribution < -0.4 is 15.4 Å². The second-order valence-electron chi connectivity index (χ2n) is 6.61. The molecule has 1 unspecified atom stereocenters. The first kappa shape index (κ1) is 24.2. The van der Waals surface area contributed by atoms with E-state index in [9.17, 15) is 0 Å². The second-order valence-corrected chi connectivity index (χ2v) is 6.61. The van der Waals surface area contributed by atoms with Crippen molar-refractivity contribution in [3.8, 4) is 5.75 Å². The molecule has 2 aromatic carbocycles. The Hall–Kier alpha value is -1.80. The molecule has 0 radical (unpaired) electrons. The van der Waals surface area contributed by atoms with Gasteiger partial charge in [0.15, 0.2) is 5.96 Å². The van der Waals surface area contributed by atoms with Gasteiger partial charge in [-0.15, -0.1) is 24.0 Å². The molecule has 0 aromatic heterocycles.